The summed E-state index contributed by atoms with van der Waals surface area (Å²) >= 11 is 0. The van der Waals surface area contributed by atoms with Crippen LogP contribution in [0.4, 0.5) is 4.79 Å². The van der Waals surface area contributed by atoms with Crippen molar-refractivity contribution in [2.75, 3.05) is 19.8 Å². The molecule has 0 radical (unpaired) electrons. The zero-order valence-electron chi connectivity index (χ0n) is 15.0. The van der Waals surface area contributed by atoms with Gasteiger partial charge in [-0.3, -0.25) is 0 Å². The lowest BCUT2D eigenvalue weighted by Crippen LogP contribution is -2.50. The number of carbonyl (C=O) groups excluding carboxylic acids is 1. The molecule has 24 heavy (non-hydrogen) atoms. The van der Waals surface area contributed by atoms with Gasteiger partial charge in [-0.15, -0.1) is 0 Å². The molecule has 1 aromatic carbocycles. The maximum absolute atomic E-state index is 12.7. The first-order valence-corrected chi connectivity index (χ1v) is 8.55. The fraction of sp³-hybridized carbons (Fsp3) is 0.632. The first-order valence-electron chi connectivity index (χ1n) is 8.55. The summed E-state index contributed by atoms with van der Waals surface area (Å²) < 4.78 is 5.57. The lowest BCUT2D eigenvalue weighted by atomic mass is 9.77. The Morgan fingerprint density at radius 2 is 1.92 bits per heavy atom. The molecule has 0 spiro atoms. The molecule has 1 aliphatic rings. The molecule has 1 heterocycles. The van der Waals surface area contributed by atoms with Crippen molar-refractivity contribution in [3.8, 4) is 0 Å². The van der Waals surface area contributed by atoms with Crippen LogP contribution in [0.3, 0.4) is 0 Å². The molecule has 1 amide bonds. The third-order valence-corrected chi connectivity index (χ3v) is 4.67. The number of aryl methyl sites for hydroxylation is 1. The van der Waals surface area contributed by atoms with E-state index in [9.17, 15) is 15.0 Å². The lowest BCUT2D eigenvalue weighted by molar-refractivity contribution is -0.0319. The fourth-order valence-corrected chi connectivity index (χ4v) is 3.47. The van der Waals surface area contributed by atoms with E-state index in [1.807, 2.05) is 52.0 Å². The van der Waals surface area contributed by atoms with Crippen LogP contribution in [-0.4, -0.2) is 46.6 Å². The summed E-state index contributed by atoms with van der Waals surface area (Å²) in [6.07, 6.45) is 0.286. The van der Waals surface area contributed by atoms with Crippen molar-refractivity contribution in [3.63, 3.8) is 0 Å². The van der Waals surface area contributed by atoms with Gasteiger partial charge in [0.05, 0.1) is 6.04 Å². The van der Waals surface area contributed by atoms with Gasteiger partial charge in [0, 0.05) is 25.7 Å². The Kier molecular flexibility index (Phi) is 5.88. The topological polar surface area (TPSA) is 70.0 Å². The largest absolute Gasteiger partial charge is 0.444 e. The third-order valence-electron chi connectivity index (χ3n) is 4.67. The van der Waals surface area contributed by atoms with Gasteiger partial charge in [0.2, 0.25) is 0 Å². The summed E-state index contributed by atoms with van der Waals surface area (Å²) in [4.78, 5) is 14.4. The van der Waals surface area contributed by atoms with Crippen LogP contribution < -0.4 is 0 Å². The summed E-state index contributed by atoms with van der Waals surface area (Å²) in [7, 11) is 0. The van der Waals surface area contributed by atoms with Crippen LogP contribution in [-0.2, 0) is 4.74 Å². The standard InChI is InChI=1S/C19H29NO4/c1-13-7-5-6-8-15(13)17-16(12-22)14(11-21)9-10-20(17)18(23)24-19(2,3)4/h5-8,14,16-17,21-22H,9-12H2,1-4H3. The first kappa shape index (κ1) is 18.7. The summed E-state index contributed by atoms with van der Waals surface area (Å²) in [5, 5.41) is 19.6. The molecule has 1 aliphatic heterocycles. The van der Waals surface area contributed by atoms with Crippen molar-refractivity contribution >= 4 is 6.09 Å². The highest BCUT2D eigenvalue weighted by Crippen LogP contribution is 2.41. The van der Waals surface area contributed by atoms with Crippen molar-refractivity contribution in [1.82, 2.24) is 4.90 Å². The van der Waals surface area contributed by atoms with Crippen molar-refractivity contribution in [3.05, 3.63) is 35.4 Å². The molecule has 0 bridgehead atoms. The minimum Gasteiger partial charge on any atom is -0.444 e. The van der Waals surface area contributed by atoms with Crippen LogP contribution in [0.1, 0.15) is 44.4 Å². The minimum atomic E-state index is -0.574. The number of aliphatic hydroxyl groups is 2. The van der Waals surface area contributed by atoms with E-state index in [4.69, 9.17) is 4.74 Å². The van der Waals surface area contributed by atoms with Crippen LogP contribution in [0.2, 0.25) is 0 Å². The van der Waals surface area contributed by atoms with E-state index in [0.29, 0.717) is 13.0 Å². The number of rotatable bonds is 3. The third kappa shape index (κ3) is 4.08. The van der Waals surface area contributed by atoms with Crippen molar-refractivity contribution < 1.29 is 19.7 Å². The van der Waals surface area contributed by atoms with E-state index in [1.54, 1.807) is 4.90 Å². The second-order valence-electron chi connectivity index (χ2n) is 7.55. The zero-order chi connectivity index (χ0) is 17.9. The SMILES string of the molecule is Cc1ccccc1C1C(CO)C(CO)CCN1C(=O)OC(C)(C)C. The number of aliphatic hydroxyl groups excluding tert-OH is 2. The van der Waals surface area contributed by atoms with E-state index >= 15 is 0 Å². The molecule has 5 heteroatoms. The van der Waals surface area contributed by atoms with Gasteiger partial charge < -0.3 is 19.8 Å². The van der Waals surface area contributed by atoms with Gasteiger partial charge in [-0.25, -0.2) is 4.79 Å². The van der Waals surface area contributed by atoms with E-state index in [0.717, 1.165) is 11.1 Å². The maximum atomic E-state index is 12.7. The van der Waals surface area contributed by atoms with Crippen LogP contribution in [0, 0.1) is 18.8 Å². The number of likely N-dealkylation sites (tertiary alicyclic amines) is 1. The Bertz CT molecular complexity index is 567. The predicted molar refractivity (Wildman–Crippen MR) is 92.6 cm³/mol. The molecule has 5 nitrogen and oxygen atoms in total. The second-order valence-corrected chi connectivity index (χ2v) is 7.55. The number of ether oxygens (including phenoxy) is 1. The zero-order valence-corrected chi connectivity index (χ0v) is 15.0. The molecule has 1 saturated heterocycles. The van der Waals surface area contributed by atoms with Crippen molar-refractivity contribution in [1.29, 1.82) is 0 Å². The fourth-order valence-electron chi connectivity index (χ4n) is 3.47. The van der Waals surface area contributed by atoms with Gasteiger partial charge in [-0.1, -0.05) is 24.3 Å². The average Bonchev–Trinajstić information content (AvgIpc) is 2.52. The Labute approximate surface area is 144 Å². The molecule has 3 unspecified atom stereocenters. The van der Waals surface area contributed by atoms with E-state index in [1.165, 1.54) is 0 Å². The number of hydrogen-bond acceptors (Lipinski definition) is 4. The second kappa shape index (κ2) is 7.53. The summed E-state index contributed by atoms with van der Waals surface area (Å²) in [5.74, 6) is -0.240. The molecule has 3 atom stereocenters. The monoisotopic (exact) mass is 335 g/mol. The number of nitrogens with zero attached hydrogens (tertiary/aromatic N) is 1. The average molecular weight is 335 g/mol. The maximum Gasteiger partial charge on any atom is 0.410 e. The van der Waals surface area contributed by atoms with Crippen molar-refractivity contribution in [2.24, 2.45) is 11.8 Å². The van der Waals surface area contributed by atoms with E-state index < -0.39 is 5.60 Å². The smallest absolute Gasteiger partial charge is 0.410 e. The molecular formula is C19H29NO4. The Morgan fingerprint density at radius 3 is 2.46 bits per heavy atom. The van der Waals surface area contributed by atoms with Crippen LogP contribution in [0.25, 0.3) is 0 Å². The lowest BCUT2D eigenvalue weighted by Gasteiger charge is -2.45. The summed E-state index contributed by atoms with van der Waals surface area (Å²) in [6.45, 7) is 7.97. The number of hydrogen-bond donors (Lipinski definition) is 2. The normalized spacial score (nSPS) is 24.8. The highest BCUT2D eigenvalue weighted by molar-refractivity contribution is 5.69. The number of benzene rings is 1. The van der Waals surface area contributed by atoms with Gasteiger partial charge in [-0.05, 0) is 51.2 Å². The first-order chi connectivity index (χ1) is 11.3. The molecule has 0 saturated carbocycles. The molecule has 0 aliphatic carbocycles. The number of carbonyl (C=O) groups is 1. The molecule has 0 aromatic heterocycles. The molecular weight excluding hydrogens is 306 g/mol. The molecule has 134 valence electrons. The highest BCUT2D eigenvalue weighted by Gasteiger charge is 2.42. The molecule has 2 N–H and O–H groups in total. The molecule has 1 aromatic rings. The van der Waals surface area contributed by atoms with Crippen LogP contribution in [0.15, 0.2) is 24.3 Å². The highest BCUT2D eigenvalue weighted by atomic mass is 16.6. The molecule has 2 rings (SSSR count). The van der Waals surface area contributed by atoms with Gasteiger partial charge in [0.25, 0.3) is 0 Å². The minimum absolute atomic E-state index is 0.00969. The number of piperidine rings is 1. The van der Waals surface area contributed by atoms with Gasteiger partial charge in [0.15, 0.2) is 0 Å². The van der Waals surface area contributed by atoms with Gasteiger partial charge >= 0.3 is 6.09 Å². The van der Waals surface area contributed by atoms with Gasteiger partial charge in [-0.2, -0.15) is 0 Å². The van der Waals surface area contributed by atoms with E-state index in [2.05, 4.69) is 0 Å². The molecule has 1 fully saturated rings. The number of amides is 1. The van der Waals surface area contributed by atoms with Gasteiger partial charge in [0.1, 0.15) is 5.60 Å². The summed E-state index contributed by atoms with van der Waals surface area (Å²) in [5.41, 5.74) is 1.49. The van der Waals surface area contributed by atoms with Crippen molar-refractivity contribution in [2.45, 2.75) is 45.8 Å². The Morgan fingerprint density at radius 1 is 1.25 bits per heavy atom. The van der Waals surface area contributed by atoms with E-state index in [-0.39, 0.29) is 37.2 Å². The van der Waals surface area contributed by atoms with Crippen LogP contribution >= 0.6 is 0 Å². The Hall–Kier alpha value is -1.59. The Balaban J connectivity index is 2.41. The van der Waals surface area contributed by atoms with Crippen LogP contribution in [0.5, 0.6) is 0 Å². The quantitative estimate of drug-likeness (QED) is 0.891. The predicted octanol–water partition coefficient (Wildman–Crippen LogP) is 2.89. The summed E-state index contributed by atoms with van der Waals surface area (Å²) in [6, 6.07) is 7.58.